The number of carbonyl (C=O) groups excluding carboxylic acids is 2. The van der Waals surface area contributed by atoms with Crippen LogP contribution in [0.15, 0.2) is 24.3 Å². The Balaban J connectivity index is 1.56. The van der Waals surface area contributed by atoms with E-state index in [1.165, 1.54) is 19.1 Å². The van der Waals surface area contributed by atoms with Crippen molar-refractivity contribution in [1.82, 2.24) is 15.1 Å². The van der Waals surface area contributed by atoms with Crippen LogP contribution < -0.4 is 5.32 Å². The number of likely N-dealkylation sites (tertiary alicyclic amines) is 1. The minimum atomic E-state index is -0.225. The number of amides is 2. The summed E-state index contributed by atoms with van der Waals surface area (Å²) in [6.45, 7) is 4.73. The Morgan fingerprint density at radius 1 is 1.15 bits per heavy atom. The summed E-state index contributed by atoms with van der Waals surface area (Å²) in [5, 5.41) is 2.72. The SMILES string of the molecule is CC(=O)NCCC(=O)N1C[C@H](c2ccc(F)cc2)[C@H]2[C@@H]1C1CCN2CC1. The molecule has 1 aromatic rings. The molecule has 2 bridgehead atoms. The third-order valence-corrected chi connectivity index (χ3v) is 6.33. The van der Waals surface area contributed by atoms with Crippen LogP contribution in [-0.2, 0) is 9.59 Å². The molecule has 0 aromatic heterocycles. The maximum Gasteiger partial charge on any atom is 0.224 e. The Morgan fingerprint density at radius 3 is 2.50 bits per heavy atom. The molecule has 0 radical (unpaired) electrons. The Kier molecular flexibility index (Phi) is 4.69. The first-order valence-electron chi connectivity index (χ1n) is 9.58. The minimum Gasteiger partial charge on any atom is -0.356 e. The molecule has 4 saturated heterocycles. The highest BCUT2D eigenvalue weighted by Gasteiger charge is 2.54. The fraction of sp³-hybridized carbons (Fsp3) is 0.600. The lowest BCUT2D eigenvalue weighted by Gasteiger charge is -2.51. The number of fused-ring (bicyclic) bond motifs is 2. The third-order valence-electron chi connectivity index (χ3n) is 6.33. The lowest BCUT2D eigenvalue weighted by atomic mass is 9.75. The molecule has 4 aliphatic heterocycles. The number of halogens is 1. The summed E-state index contributed by atoms with van der Waals surface area (Å²) in [5.74, 6) is 0.571. The van der Waals surface area contributed by atoms with Gasteiger partial charge in [-0.1, -0.05) is 12.1 Å². The van der Waals surface area contributed by atoms with Gasteiger partial charge < -0.3 is 10.2 Å². The van der Waals surface area contributed by atoms with Crippen molar-refractivity contribution in [3.63, 3.8) is 0 Å². The number of hydrogen-bond acceptors (Lipinski definition) is 3. The lowest BCUT2D eigenvalue weighted by Crippen LogP contribution is -2.60. The zero-order valence-corrected chi connectivity index (χ0v) is 15.2. The van der Waals surface area contributed by atoms with E-state index in [2.05, 4.69) is 15.1 Å². The van der Waals surface area contributed by atoms with Gasteiger partial charge in [0.1, 0.15) is 5.82 Å². The highest BCUT2D eigenvalue weighted by Crippen LogP contribution is 2.46. The predicted octanol–water partition coefficient (Wildman–Crippen LogP) is 1.74. The summed E-state index contributed by atoms with van der Waals surface area (Å²) in [6, 6.07) is 7.34. The van der Waals surface area contributed by atoms with Crippen molar-refractivity contribution in [2.24, 2.45) is 5.92 Å². The summed E-state index contributed by atoms with van der Waals surface area (Å²) in [7, 11) is 0. The molecule has 5 nitrogen and oxygen atoms in total. The quantitative estimate of drug-likeness (QED) is 0.891. The van der Waals surface area contributed by atoms with Crippen molar-refractivity contribution in [3.05, 3.63) is 35.6 Å². The molecule has 0 spiro atoms. The molecule has 4 fully saturated rings. The van der Waals surface area contributed by atoms with Gasteiger partial charge in [-0.15, -0.1) is 0 Å². The monoisotopic (exact) mass is 359 g/mol. The van der Waals surface area contributed by atoms with Gasteiger partial charge in [0.2, 0.25) is 11.8 Å². The molecular weight excluding hydrogens is 333 g/mol. The molecule has 3 atom stereocenters. The summed E-state index contributed by atoms with van der Waals surface area (Å²) in [6.07, 6.45) is 2.63. The molecule has 0 unspecified atom stereocenters. The van der Waals surface area contributed by atoms with Crippen LogP contribution in [0.3, 0.4) is 0 Å². The number of hydrogen-bond donors (Lipinski definition) is 1. The first-order chi connectivity index (χ1) is 12.5. The van der Waals surface area contributed by atoms with Crippen molar-refractivity contribution >= 4 is 11.8 Å². The second-order valence-corrected chi connectivity index (χ2v) is 7.79. The number of piperidine rings is 3. The van der Waals surface area contributed by atoms with E-state index in [0.717, 1.165) is 31.5 Å². The van der Waals surface area contributed by atoms with Crippen LogP contribution in [0.5, 0.6) is 0 Å². The standard InChI is InChI=1S/C20H26FN3O2/c1-13(25)22-9-6-18(26)24-12-17(14-2-4-16(21)5-3-14)20-19(24)15-7-10-23(20)11-8-15/h2-5,15,17,19-20H,6-12H2,1H3,(H,22,25)/t17-,19+,20+/m1/s1. The molecule has 2 amide bonds. The van der Waals surface area contributed by atoms with E-state index in [0.29, 0.717) is 31.5 Å². The zero-order valence-electron chi connectivity index (χ0n) is 15.2. The molecule has 6 heteroatoms. The number of rotatable bonds is 4. The highest BCUT2D eigenvalue weighted by molar-refractivity contribution is 5.79. The highest BCUT2D eigenvalue weighted by atomic mass is 19.1. The van der Waals surface area contributed by atoms with Crippen LogP contribution in [0.1, 0.15) is 37.7 Å². The topological polar surface area (TPSA) is 52.7 Å². The van der Waals surface area contributed by atoms with E-state index in [9.17, 15) is 14.0 Å². The van der Waals surface area contributed by atoms with Crippen LogP contribution in [0.25, 0.3) is 0 Å². The van der Waals surface area contributed by atoms with Gasteiger partial charge in [0.25, 0.3) is 0 Å². The number of benzene rings is 1. The number of carbonyl (C=O) groups is 2. The molecule has 5 rings (SSSR count). The second kappa shape index (κ2) is 6.99. The van der Waals surface area contributed by atoms with Gasteiger partial charge in [0.05, 0.1) is 6.04 Å². The zero-order chi connectivity index (χ0) is 18.3. The predicted molar refractivity (Wildman–Crippen MR) is 96.0 cm³/mol. The molecule has 1 N–H and O–H groups in total. The summed E-state index contributed by atoms with van der Waals surface area (Å²) < 4.78 is 13.4. The van der Waals surface area contributed by atoms with Crippen LogP contribution in [0.4, 0.5) is 4.39 Å². The van der Waals surface area contributed by atoms with Crippen LogP contribution in [-0.4, -0.2) is 59.9 Å². The van der Waals surface area contributed by atoms with Gasteiger partial charge in [-0.25, -0.2) is 4.39 Å². The largest absolute Gasteiger partial charge is 0.356 e. The number of nitrogens with one attached hydrogen (secondary N) is 1. The van der Waals surface area contributed by atoms with Gasteiger partial charge in [-0.3, -0.25) is 14.5 Å². The molecule has 0 aliphatic carbocycles. The van der Waals surface area contributed by atoms with E-state index < -0.39 is 0 Å². The van der Waals surface area contributed by atoms with Gasteiger partial charge in [0.15, 0.2) is 0 Å². The Morgan fingerprint density at radius 2 is 1.85 bits per heavy atom. The van der Waals surface area contributed by atoms with Crippen molar-refractivity contribution in [2.75, 3.05) is 26.2 Å². The molecule has 1 aromatic carbocycles. The Hall–Kier alpha value is -1.95. The van der Waals surface area contributed by atoms with E-state index >= 15 is 0 Å². The normalized spacial score (nSPS) is 32.4. The van der Waals surface area contributed by atoms with Gasteiger partial charge in [-0.05, 0) is 49.5 Å². The van der Waals surface area contributed by atoms with Crippen LogP contribution in [0.2, 0.25) is 0 Å². The summed E-state index contributed by atoms with van der Waals surface area (Å²) >= 11 is 0. The van der Waals surface area contributed by atoms with Crippen molar-refractivity contribution < 1.29 is 14.0 Å². The second-order valence-electron chi connectivity index (χ2n) is 7.79. The molecule has 4 heterocycles. The average Bonchev–Trinajstić information content (AvgIpc) is 3.06. The van der Waals surface area contributed by atoms with Gasteiger partial charge >= 0.3 is 0 Å². The van der Waals surface area contributed by atoms with Crippen LogP contribution in [0, 0.1) is 11.7 Å². The maximum absolute atomic E-state index is 13.4. The average molecular weight is 359 g/mol. The summed E-state index contributed by atoms with van der Waals surface area (Å²) in [5.41, 5.74) is 1.12. The Bertz CT molecular complexity index is 685. The smallest absolute Gasteiger partial charge is 0.224 e. The molecule has 26 heavy (non-hydrogen) atoms. The van der Waals surface area contributed by atoms with Crippen molar-refractivity contribution in [1.29, 1.82) is 0 Å². The van der Waals surface area contributed by atoms with Gasteiger partial charge in [-0.2, -0.15) is 0 Å². The minimum absolute atomic E-state index is 0.107. The number of nitrogens with zero attached hydrogens (tertiary/aromatic N) is 2. The fourth-order valence-corrected chi connectivity index (χ4v) is 5.20. The van der Waals surface area contributed by atoms with E-state index in [1.54, 1.807) is 0 Å². The van der Waals surface area contributed by atoms with E-state index in [1.807, 2.05) is 12.1 Å². The van der Waals surface area contributed by atoms with Crippen molar-refractivity contribution in [3.8, 4) is 0 Å². The van der Waals surface area contributed by atoms with Gasteiger partial charge in [0, 0.05) is 38.4 Å². The first kappa shape index (κ1) is 17.5. The first-order valence-corrected chi connectivity index (χ1v) is 9.58. The maximum atomic E-state index is 13.4. The van der Waals surface area contributed by atoms with Crippen LogP contribution >= 0.6 is 0 Å². The third kappa shape index (κ3) is 3.11. The van der Waals surface area contributed by atoms with Crippen molar-refractivity contribution in [2.45, 2.75) is 44.2 Å². The molecular formula is C20H26FN3O2. The van der Waals surface area contributed by atoms with E-state index in [-0.39, 0.29) is 29.6 Å². The van der Waals surface area contributed by atoms with E-state index in [4.69, 9.17) is 0 Å². The molecule has 4 aliphatic rings. The molecule has 0 saturated carbocycles. The fourth-order valence-electron chi connectivity index (χ4n) is 5.20. The Labute approximate surface area is 153 Å². The summed E-state index contributed by atoms with van der Waals surface area (Å²) in [4.78, 5) is 28.5. The lowest BCUT2D eigenvalue weighted by molar-refractivity contribution is -0.135. The molecule has 140 valence electrons.